The van der Waals surface area contributed by atoms with E-state index in [1.54, 1.807) is 86.0 Å². The lowest BCUT2D eigenvalue weighted by molar-refractivity contribution is 0.371. The molecule has 8 heteroatoms. The van der Waals surface area contributed by atoms with E-state index in [-0.39, 0.29) is 23.0 Å². The van der Waals surface area contributed by atoms with E-state index in [4.69, 9.17) is 35.0 Å². The first-order valence-electron chi connectivity index (χ1n) is 18.0. The summed E-state index contributed by atoms with van der Waals surface area (Å²) >= 11 is 0. The van der Waals surface area contributed by atoms with Crippen molar-refractivity contribution < 1.29 is 40.1 Å². The van der Waals surface area contributed by atoms with Gasteiger partial charge in [0.1, 0.15) is 11.5 Å². The normalized spacial score (nSPS) is 12.8. The first-order chi connectivity index (χ1) is 25.7. The number of aryl methyl sites for hydroxylation is 1. The highest BCUT2D eigenvalue weighted by Gasteiger charge is 2.17. The molecule has 2 aliphatic carbocycles. The van der Waals surface area contributed by atoms with E-state index in [0.717, 1.165) is 11.1 Å². The van der Waals surface area contributed by atoms with Crippen LogP contribution in [0.3, 0.4) is 0 Å². The molecule has 7 rings (SSSR count). The average Bonchev–Trinajstić information content (AvgIpc) is 3.19. The Morgan fingerprint density at radius 2 is 0.943 bits per heavy atom. The van der Waals surface area contributed by atoms with Gasteiger partial charge in [-0.15, -0.1) is 0 Å². The van der Waals surface area contributed by atoms with Crippen LogP contribution >= 0.6 is 0 Å². The van der Waals surface area contributed by atoms with E-state index in [1.807, 2.05) is 31.2 Å². The van der Waals surface area contributed by atoms with Crippen LogP contribution in [-0.2, 0) is 0 Å². The molecule has 0 heterocycles. The summed E-state index contributed by atoms with van der Waals surface area (Å²) in [5.74, 6) is 2.70. The first kappa shape index (κ1) is 43.4. The van der Waals surface area contributed by atoms with Gasteiger partial charge < -0.3 is 40.1 Å². The molecule has 0 bridgehead atoms. The third-order valence-corrected chi connectivity index (χ3v) is 8.26. The Labute approximate surface area is 314 Å². The minimum Gasteiger partial charge on any atom is -0.508 e. The maximum atomic E-state index is 9.66. The van der Waals surface area contributed by atoms with Gasteiger partial charge >= 0.3 is 0 Å². The molecule has 0 unspecified atom stereocenters. The van der Waals surface area contributed by atoms with Crippen LogP contribution in [0.5, 0.6) is 46.0 Å². The summed E-state index contributed by atoms with van der Waals surface area (Å²) < 4.78 is 9.72. The molecule has 284 valence electrons. The number of aromatic hydroxyl groups is 6. The van der Waals surface area contributed by atoms with Crippen LogP contribution in [0.1, 0.15) is 74.8 Å². The predicted octanol–water partition coefficient (Wildman–Crippen LogP) is 11.2. The smallest absolute Gasteiger partial charge is 0.163 e. The summed E-state index contributed by atoms with van der Waals surface area (Å²) in [4.78, 5) is 0. The number of allylic oxidation sites excluding steroid dienone is 2. The van der Waals surface area contributed by atoms with Gasteiger partial charge in [0.25, 0.3) is 0 Å². The molecule has 0 radical (unpaired) electrons. The van der Waals surface area contributed by atoms with E-state index in [9.17, 15) is 5.11 Å². The molecule has 5 aromatic rings. The lowest BCUT2D eigenvalue weighted by Crippen LogP contribution is -2.04. The highest BCUT2D eigenvalue weighted by Crippen LogP contribution is 2.36. The van der Waals surface area contributed by atoms with E-state index in [1.165, 1.54) is 77.0 Å². The van der Waals surface area contributed by atoms with Crippen LogP contribution in [-0.4, -0.2) is 44.9 Å². The Kier molecular flexibility index (Phi) is 21.4. The second kappa shape index (κ2) is 26.1. The third kappa shape index (κ3) is 17.8. The molecule has 0 atom stereocenters. The summed E-state index contributed by atoms with van der Waals surface area (Å²) in [6.45, 7) is 1.89. The molecule has 53 heavy (non-hydrogen) atoms. The molecule has 6 N–H and O–H groups in total. The highest BCUT2D eigenvalue weighted by atomic mass is 16.5. The standard InChI is InChI=1S/C12H16O.C8H10O2.C7H8O2.C6H6O2.C6H6O.C6H10/c13-12-9-5-4-8-11(12)10-6-2-1-3-7-10;1-6-4-3-5-7(9)8(6)10-2;1-9-7-5-3-2-4-6(7)8;7-5-3-1-2-4-6(5)8;7-6-4-2-1-3-5-6;1-2-4-6-5-3-1/h4-5,8-10,13H,1-3,6-7H2;3-5,9H,1-2H3;2-5,8H,1H3;1-4,7-8H;1-5,7H;1-2H,3-6H2. The van der Waals surface area contributed by atoms with Gasteiger partial charge in [0.05, 0.1) is 14.2 Å². The topological polar surface area (TPSA) is 140 Å². The van der Waals surface area contributed by atoms with Gasteiger partial charge in [-0.2, -0.15) is 0 Å². The Hall–Kier alpha value is -5.76. The summed E-state index contributed by atoms with van der Waals surface area (Å²) in [6, 6.07) is 34.7. The lowest BCUT2D eigenvalue weighted by Gasteiger charge is -2.22. The fourth-order valence-corrected chi connectivity index (χ4v) is 5.43. The zero-order chi connectivity index (χ0) is 38.7. The lowest BCUT2D eigenvalue weighted by atomic mass is 9.84. The second-order valence-corrected chi connectivity index (χ2v) is 12.3. The van der Waals surface area contributed by atoms with Gasteiger partial charge in [0.2, 0.25) is 0 Å². The van der Waals surface area contributed by atoms with Crippen molar-refractivity contribution in [3.8, 4) is 46.0 Å². The summed E-state index contributed by atoms with van der Waals surface area (Å²) in [5.41, 5.74) is 2.10. The zero-order valence-electron chi connectivity index (χ0n) is 31.1. The number of ether oxygens (including phenoxy) is 2. The van der Waals surface area contributed by atoms with Crippen molar-refractivity contribution in [1.82, 2.24) is 0 Å². The molecule has 0 aliphatic heterocycles. The van der Waals surface area contributed by atoms with Gasteiger partial charge in [-0.25, -0.2) is 0 Å². The molecule has 1 saturated carbocycles. The number of rotatable bonds is 3. The van der Waals surface area contributed by atoms with Crippen molar-refractivity contribution in [3.05, 3.63) is 145 Å². The summed E-state index contributed by atoms with van der Waals surface area (Å²) in [5, 5.41) is 53.8. The second-order valence-electron chi connectivity index (χ2n) is 12.3. The summed E-state index contributed by atoms with van der Waals surface area (Å²) in [7, 11) is 3.07. The van der Waals surface area contributed by atoms with Gasteiger partial charge in [-0.05, 0) is 111 Å². The Bertz CT molecular complexity index is 1670. The van der Waals surface area contributed by atoms with Gasteiger partial charge in [0.15, 0.2) is 34.5 Å². The quantitative estimate of drug-likeness (QED) is 0.0798. The van der Waals surface area contributed by atoms with Crippen LogP contribution in [0, 0.1) is 6.92 Å². The Balaban J connectivity index is 0.000000224. The van der Waals surface area contributed by atoms with E-state index in [2.05, 4.69) is 18.2 Å². The molecule has 2 aliphatic rings. The van der Waals surface area contributed by atoms with E-state index >= 15 is 0 Å². The number of phenolic OH excluding ortho intramolecular Hbond substituents is 6. The molecule has 0 amide bonds. The first-order valence-corrected chi connectivity index (χ1v) is 18.0. The molecular weight excluding hydrogens is 668 g/mol. The molecule has 0 spiro atoms. The van der Waals surface area contributed by atoms with Gasteiger partial charge in [-0.3, -0.25) is 0 Å². The molecule has 8 nitrogen and oxygen atoms in total. The van der Waals surface area contributed by atoms with E-state index in [0.29, 0.717) is 28.9 Å². The number of hydrogen-bond donors (Lipinski definition) is 6. The molecule has 5 aromatic carbocycles. The predicted molar refractivity (Wildman–Crippen MR) is 213 cm³/mol. The molecule has 0 saturated heterocycles. The highest BCUT2D eigenvalue weighted by molar-refractivity contribution is 5.44. The van der Waals surface area contributed by atoms with Crippen molar-refractivity contribution in [1.29, 1.82) is 0 Å². The van der Waals surface area contributed by atoms with Crippen LogP contribution in [0.4, 0.5) is 0 Å². The largest absolute Gasteiger partial charge is 0.508 e. The van der Waals surface area contributed by atoms with Crippen LogP contribution < -0.4 is 9.47 Å². The van der Waals surface area contributed by atoms with Crippen molar-refractivity contribution in [2.75, 3.05) is 14.2 Å². The average molecular weight is 725 g/mol. The van der Waals surface area contributed by atoms with Gasteiger partial charge in [0, 0.05) is 0 Å². The Morgan fingerprint density at radius 3 is 1.32 bits per heavy atom. The molecule has 0 aromatic heterocycles. The number of hydrogen-bond acceptors (Lipinski definition) is 8. The monoisotopic (exact) mass is 724 g/mol. The third-order valence-electron chi connectivity index (χ3n) is 8.26. The molecule has 1 fully saturated rings. The van der Waals surface area contributed by atoms with Crippen LogP contribution in [0.2, 0.25) is 0 Å². The fraction of sp³-hybridized carbons (Fsp3) is 0.289. The number of benzene rings is 5. The van der Waals surface area contributed by atoms with Crippen molar-refractivity contribution in [3.63, 3.8) is 0 Å². The maximum Gasteiger partial charge on any atom is 0.163 e. The number of methoxy groups -OCH3 is 2. The fourth-order valence-electron chi connectivity index (χ4n) is 5.43. The Morgan fingerprint density at radius 1 is 0.453 bits per heavy atom. The minimum atomic E-state index is -0.0764. The van der Waals surface area contributed by atoms with Crippen LogP contribution in [0.15, 0.2) is 133 Å². The van der Waals surface area contributed by atoms with Crippen LogP contribution in [0.25, 0.3) is 0 Å². The minimum absolute atomic E-state index is 0.0764. The maximum absolute atomic E-state index is 9.66. The summed E-state index contributed by atoms with van der Waals surface area (Å²) in [6.07, 6.45) is 16.5. The number of phenols is 6. The molecular formula is C45H56O8. The van der Waals surface area contributed by atoms with Gasteiger partial charge in [-0.1, -0.05) is 104 Å². The number of para-hydroxylation sites is 7. The zero-order valence-corrected chi connectivity index (χ0v) is 31.1. The SMILES string of the molecule is C1=CCCCC1.COc1c(C)cccc1O.COc1ccccc1O.Oc1ccccc1.Oc1ccccc1C1CCCCC1.Oc1ccccc1O. The van der Waals surface area contributed by atoms with Crippen molar-refractivity contribution in [2.45, 2.75) is 70.6 Å². The van der Waals surface area contributed by atoms with Crippen molar-refractivity contribution >= 4 is 0 Å². The van der Waals surface area contributed by atoms with E-state index < -0.39 is 0 Å². The van der Waals surface area contributed by atoms with Crippen molar-refractivity contribution in [2.24, 2.45) is 0 Å².